The summed E-state index contributed by atoms with van der Waals surface area (Å²) in [5, 5.41) is 12.7. The Morgan fingerprint density at radius 3 is 2.67 bits per heavy atom. The minimum Gasteiger partial charge on any atom is -0.480 e. The molecule has 0 atom stereocenters. The minimum absolute atomic E-state index is 0.350. The van der Waals surface area contributed by atoms with E-state index < -0.39 is 17.4 Å². The van der Waals surface area contributed by atoms with Gasteiger partial charge in [-0.3, -0.25) is 4.79 Å². The lowest BCUT2D eigenvalue weighted by Gasteiger charge is -2.38. The molecular weight excluding hydrogens is 293 g/mol. The van der Waals surface area contributed by atoms with E-state index in [0.29, 0.717) is 22.4 Å². The summed E-state index contributed by atoms with van der Waals surface area (Å²) in [5.74, 6) is -1.74. The third-order valence-electron chi connectivity index (χ3n) is 4.08. The van der Waals surface area contributed by atoms with E-state index in [-0.39, 0.29) is 5.82 Å². The first-order valence-electron chi connectivity index (χ1n) is 6.67. The number of carboxylic acid groups (broad SMARTS) is 1. The zero-order chi connectivity index (χ0) is 15.2. The molecule has 2 aromatic rings. The zero-order valence-electron chi connectivity index (χ0n) is 11.4. The van der Waals surface area contributed by atoms with Crippen LogP contribution in [0.4, 0.5) is 4.39 Å². The second kappa shape index (κ2) is 4.80. The van der Waals surface area contributed by atoms with Gasteiger partial charge in [-0.25, -0.2) is 9.18 Å². The van der Waals surface area contributed by atoms with E-state index in [2.05, 4.69) is 5.32 Å². The van der Waals surface area contributed by atoms with Crippen molar-refractivity contribution < 1.29 is 19.1 Å². The van der Waals surface area contributed by atoms with Crippen LogP contribution < -0.4 is 5.32 Å². The number of amides is 1. The molecule has 3 rings (SSSR count). The molecule has 1 aromatic carbocycles. The maximum atomic E-state index is 13.2. The van der Waals surface area contributed by atoms with Gasteiger partial charge in [0.25, 0.3) is 5.91 Å². The minimum atomic E-state index is -1.13. The molecule has 2 N–H and O–H groups in total. The fraction of sp³-hybridized carbons (Fsp3) is 0.333. The van der Waals surface area contributed by atoms with Gasteiger partial charge in [-0.1, -0.05) is 6.07 Å². The lowest BCUT2D eigenvalue weighted by molar-refractivity contribution is -0.148. The molecule has 1 aromatic heterocycles. The van der Waals surface area contributed by atoms with Crippen LogP contribution in [0.3, 0.4) is 0 Å². The Morgan fingerprint density at radius 1 is 1.38 bits per heavy atom. The lowest BCUT2D eigenvalue weighted by Crippen LogP contribution is -2.59. The second-order valence-electron chi connectivity index (χ2n) is 5.39. The zero-order valence-corrected chi connectivity index (χ0v) is 12.2. The Labute approximate surface area is 124 Å². The summed E-state index contributed by atoms with van der Waals surface area (Å²) in [4.78, 5) is 24.1. The average Bonchev–Trinajstić information content (AvgIpc) is 2.70. The summed E-state index contributed by atoms with van der Waals surface area (Å²) in [6.07, 6.45) is 1.70. The molecule has 110 valence electrons. The maximum absolute atomic E-state index is 13.2. The summed E-state index contributed by atoms with van der Waals surface area (Å²) in [6, 6.07) is 4.39. The number of aliphatic carboxylic acids is 1. The maximum Gasteiger partial charge on any atom is 0.329 e. The monoisotopic (exact) mass is 307 g/mol. The van der Waals surface area contributed by atoms with Crippen molar-refractivity contribution >= 4 is 33.3 Å². The third-order valence-corrected chi connectivity index (χ3v) is 5.33. The predicted octanol–water partition coefficient (Wildman–Crippen LogP) is 3.09. The van der Waals surface area contributed by atoms with Crippen molar-refractivity contribution in [3.63, 3.8) is 0 Å². The number of carbonyl (C=O) groups excluding carboxylic acids is 1. The highest BCUT2D eigenvalue weighted by Crippen LogP contribution is 2.35. The number of hydrogen-bond donors (Lipinski definition) is 2. The number of thiophene rings is 1. The molecule has 0 aliphatic heterocycles. The van der Waals surface area contributed by atoms with E-state index in [4.69, 9.17) is 0 Å². The van der Waals surface area contributed by atoms with Gasteiger partial charge in [0.15, 0.2) is 0 Å². The molecule has 1 amide bonds. The Bertz CT molecular complexity index is 749. The van der Waals surface area contributed by atoms with Gasteiger partial charge >= 0.3 is 5.97 Å². The number of carbonyl (C=O) groups is 2. The van der Waals surface area contributed by atoms with Gasteiger partial charge in [-0.05, 0) is 49.3 Å². The van der Waals surface area contributed by atoms with Crippen LogP contribution in [0.25, 0.3) is 10.1 Å². The molecule has 0 bridgehead atoms. The highest BCUT2D eigenvalue weighted by molar-refractivity contribution is 7.21. The van der Waals surface area contributed by atoms with Crippen LogP contribution >= 0.6 is 11.3 Å². The van der Waals surface area contributed by atoms with E-state index in [1.807, 2.05) is 0 Å². The van der Waals surface area contributed by atoms with Crippen molar-refractivity contribution in [3.05, 3.63) is 34.5 Å². The van der Waals surface area contributed by atoms with Gasteiger partial charge in [0.1, 0.15) is 11.4 Å². The fourth-order valence-corrected chi connectivity index (χ4v) is 3.74. The van der Waals surface area contributed by atoms with E-state index >= 15 is 0 Å². The van der Waals surface area contributed by atoms with Crippen LogP contribution in [0.1, 0.15) is 34.5 Å². The Hall–Kier alpha value is -1.95. The number of rotatable bonds is 3. The molecular formula is C15H14FNO3S. The van der Waals surface area contributed by atoms with Crippen molar-refractivity contribution in [1.29, 1.82) is 0 Å². The standard InChI is InChI=1S/C15H14FNO3S/c1-8-10-4-3-9(16)7-11(10)21-12(8)13(18)17-15(14(19)20)5-2-6-15/h3-4,7H,2,5-6H2,1H3,(H,17,18)(H,19,20). The fourth-order valence-electron chi connectivity index (χ4n) is 2.61. The molecule has 1 aliphatic carbocycles. The molecule has 1 fully saturated rings. The summed E-state index contributed by atoms with van der Waals surface area (Å²) in [6.45, 7) is 1.79. The first-order valence-corrected chi connectivity index (χ1v) is 7.49. The molecule has 0 spiro atoms. The van der Waals surface area contributed by atoms with Gasteiger partial charge in [-0.2, -0.15) is 0 Å². The molecule has 0 unspecified atom stereocenters. The molecule has 0 radical (unpaired) electrons. The number of hydrogen-bond acceptors (Lipinski definition) is 3. The summed E-state index contributed by atoms with van der Waals surface area (Å²) in [7, 11) is 0. The molecule has 1 aliphatic rings. The van der Waals surface area contributed by atoms with Crippen molar-refractivity contribution in [3.8, 4) is 0 Å². The highest BCUT2D eigenvalue weighted by Gasteiger charge is 2.46. The number of fused-ring (bicyclic) bond motifs is 1. The third kappa shape index (κ3) is 2.19. The van der Waals surface area contributed by atoms with E-state index in [1.54, 1.807) is 13.0 Å². The molecule has 1 saturated carbocycles. The normalized spacial score (nSPS) is 16.5. The van der Waals surface area contributed by atoms with E-state index in [1.165, 1.54) is 23.5 Å². The number of benzene rings is 1. The van der Waals surface area contributed by atoms with Crippen LogP contribution in [-0.2, 0) is 4.79 Å². The lowest BCUT2D eigenvalue weighted by atomic mass is 9.76. The quantitative estimate of drug-likeness (QED) is 0.915. The second-order valence-corrected chi connectivity index (χ2v) is 6.44. The van der Waals surface area contributed by atoms with Crippen molar-refractivity contribution in [2.45, 2.75) is 31.7 Å². The average molecular weight is 307 g/mol. The highest BCUT2D eigenvalue weighted by atomic mass is 32.1. The number of halogens is 1. The van der Waals surface area contributed by atoms with Crippen LogP contribution in [0.5, 0.6) is 0 Å². The molecule has 1 heterocycles. The van der Waals surface area contributed by atoms with Crippen LogP contribution in [0, 0.1) is 12.7 Å². The first kappa shape index (κ1) is 14.0. The van der Waals surface area contributed by atoms with E-state index in [0.717, 1.165) is 17.4 Å². The van der Waals surface area contributed by atoms with Crippen LogP contribution in [-0.4, -0.2) is 22.5 Å². The van der Waals surface area contributed by atoms with Gasteiger partial charge in [0, 0.05) is 4.70 Å². The summed E-state index contributed by atoms with van der Waals surface area (Å²) < 4.78 is 13.9. The predicted molar refractivity (Wildman–Crippen MR) is 78.2 cm³/mol. The van der Waals surface area contributed by atoms with Crippen molar-refractivity contribution in [2.75, 3.05) is 0 Å². The Balaban J connectivity index is 1.95. The molecule has 4 nitrogen and oxygen atoms in total. The van der Waals surface area contributed by atoms with E-state index in [9.17, 15) is 19.1 Å². The van der Waals surface area contributed by atoms with Crippen LogP contribution in [0.15, 0.2) is 18.2 Å². The Kier molecular flexibility index (Phi) is 3.20. The van der Waals surface area contributed by atoms with Gasteiger partial charge in [0.2, 0.25) is 0 Å². The van der Waals surface area contributed by atoms with Gasteiger partial charge in [-0.15, -0.1) is 11.3 Å². The number of aryl methyl sites for hydroxylation is 1. The van der Waals surface area contributed by atoms with Crippen molar-refractivity contribution in [2.24, 2.45) is 0 Å². The SMILES string of the molecule is Cc1c(C(=O)NC2(C(=O)O)CCC2)sc2cc(F)ccc12. The molecule has 21 heavy (non-hydrogen) atoms. The summed E-state index contributed by atoms with van der Waals surface area (Å²) >= 11 is 1.19. The number of carboxylic acids is 1. The van der Waals surface area contributed by atoms with Crippen LogP contribution in [0.2, 0.25) is 0 Å². The van der Waals surface area contributed by atoms with Gasteiger partial charge in [0.05, 0.1) is 4.88 Å². The smallest absolute Gasteiger partial charge is 0.329 e. The molecule has 6 heteroatoms. The molecule has 0 saturated heterocycles. The largest absolute Gasteiger partial charge is 0.480 e. The first-order chi connectivity index (χ1) is 9.93. The topological polar surface area (TPSA) is 66.4 Å². The summed E-state index contributed by atoms with van der Waals surface area (Å²) in [5.41, 5.74) is -0.377. The van der Waals surface area contributed by atoms with Crippen molar-refractivity contribution in [1.82, 2.24) is 5.32 Å². The Morgan fingerprint density at radius 2 is 2.10 bits per heavy atom. The number of nitrogens with one attached hydrogen (secondary N) is 1. The van der Waals surface area contributed by atoms with Gasteiger partial charge < -0.3 is 10.4 Å².